The molecule has 3 atom stereocenters. The number of halogens is 1. The van der Waals surface area contributed by atoms with Crippen molar-refractivity contribution in [1.82, 2.24) is 4.98 Å². The predicted octanol–water partition coefficient (Wildman–Crippen LogP) is 3.73. The Kier molecular flexibility index (Phi) is 4.01. The van der Waals surface area contributed by atoms with Gasteiger partial charge >= 0.3 is 0 Å². The van der Waals surface area contributed by atoms with E-state index in [2.05, 4.69) is 9.88 Å². The molecular weight excluding hydrogens is 303 g/mol. The Labute approximate surface area is 142 Å². The summed E-state index contributed by atoms with van der Waals surface area (Å²) in [5.41, 5.74) is 2.75. The highest BCUT2D eigenvalue weighted by Crippen LogP contribution is 2.47. The number of anilines is 1. The summed E-state index contributed by atoms with van der Waals surface area (Å²) in [6, 6.07) is 9.23. The number of benzene rings is 1. The Morgan fingerprint density at radius 2 is 1.96 bits per heavy atom. The highest BCUT2D eigenvalue weighted by molar-refractivity contribution is 5.50. The zero-order valence-electron chi connectivity index (χ0n) is 13.9. The molecule has 1 saturated carbocycles. The fourth-order valence-electron chi connectivity index (χ4n) is 4.46. The number of pyridine rings is 1. The van der Waals surface area contributed by atoms with Crippen LogP contribution in [0.3, 0.4) is 0 Å². The van der Waals surface area contributed by atoms with Gasteiger partial charge < -0.3 is 10.0 Å². The maximum absolute atomic E-state index is 13.5. The zero-order valence-corrected chi connectivity index (χ0v) is 13.9. The third kappa shape index (κ3) is 2.80. The first kappa shape index (κ1) is 15.6. The summed E-state index contributed by atoms with van der Waals surface area (Å²) >= 11 is 0. The van der Waals surface area contributed by atoms with Crippen LogP contribution >= 0.6 is 0 Å². The van der Waals surface area contributed by atoms with E-state index in [4.69, 9.17) is 0 Å². The molecular formula is C20H23FN2O. The third-order valence-electron chi connectivity index (χ3n) is 5.77. The number of aliphatic hydroxyl groups is 1. The second-order valence-corrected chi connectivity index (χ2v) is 7.32. The van der Waals surface area contributed by atoms with Gasteiger partial charge in [0.05, 0.1) is 6.10 Å². The number of aromatic nitrogens is 1. The predicted molar refractivity (Wildman–Crippen MR) is 92.3 cm³/mol. The van der Waals surface area contributed by atoms with Gasteiger partial charge in [-0.2, -0.15) is 0 Å². The van der Waals surface area contributed by atoms with Gasteiger partial charge in [0.1, 0.15) is 5.82 Å². The highest BCUT2D eigenvalue weighted by Gasteiger charge is 2.43. The molecule has 0 radical (unpaired) electrons. The average molecular weight is 326 g/mol. The van der Waals surface area contributed by atoms with E-state index < -0.39 is 6.10 Å². The van der Waals surface area contributed by atoms with Gasteiger partial charge in [-0.05, 0) is 72.9 Å². The van der Waals surface area contributed by atoms with E-state index in [9.17, 15) is 9.50 Å². The van der Waals surface area contributed by atoms with E-state index in [-0.39, 0.29) is 5.82 Å². The molecule has 3 nitrogen and oxygen atoms in total. The first-order valence-electron chi connectivity index (χ1n) is 8.71. The first-order valence-corrected chi connectivity index (χ1v) is 8.71. The van der Waals surface area contributed by atoms with Crippen LogP contribution in [0.15, 0.2) is 42.7 Å². The minimum Gasteiger partial charge on any atom is -0.388 e. The molecule has 4 heteroatoms. The van der Waals surface area contributed by atoms with Crippen molar-refractivity contribution in [3.8, 4) is 0 Å². The number of rotatable bonds is 3. The first-order chi connectivity index (χ1) is 11.6. The molecule has 1 N–H and O–H groups in total. The number of hydrogen-bond acceptors (Lipinski definition) is 3. The van der Waals surface area contributed by atoms with E-state index in [0.717, 1.165) is 37.2 Å². The van der Waals surface area contributed by atoms with Crippen molar-refractivity contribution in [3.05, 3.63) is 59.7 Å². The Bertz CT molecular complexity index is 707. The maximum atomic E-state index is 13.5. The third-order valence-corrected chi connectivity index (χ3v) is 5.77. The number of aliphatic hydroxyl groups excluding tert-OH is 1. The molecule has 0 spiro atoms. The minimum absolute atomic E-state index is 0.141. The van der Waals surface area contributed by atoms with E-state index in [1.807, 2.05) is 31.2 Å². The summed E-state index contributed by atoms with van der Waals surface area (Å²) in [7, 11) is 0. The zero-order chi connectivity index (χ0) is 16.7. The lowest BCUT2D eigenvalue weighted by atomic mass is 9.94. The minimum atomic E-state index is -0.411. The quantitative estimate of drug-likeness (QED) is 0.934. The van der Waals surface area contributed by atoms with Gasteiger partial charge in [-0.25, -0.2) is 4.39 Å². The molecule has 3 unspecified atom stereocenters. The molecule has 2 heterocycles. The summed E-state index contributed by atoms with van der Waals surface area (Å²) in [6.07, 6.45) is 5.20. The van der Waals surface area contributed by atoms with Crippen LogP contribution in [0.4, 0.5) is 10.1 Å². The smallest absolute Gasteiger partial charge is 0.126 e. The molecule has 2 aromatic rings. The van der Waals surface area contributed by atoms with Crippen LogP contribution in [0.25, 0.3) is 0 Å². The lowest BCUT2D eigenvalue weighted by molar-refractivity contribution is 0.107. The van der Waals surface area contributed by atoms with Crippen molar-refractivity contribution in [2.75, 3.05) is 18.0 Å². The molecule has 2 fully saturated rings. The van der Waals surface area contributed by atoms with Crippen LogP contribution in [0.1, 0.15) is 30.1 Å². The largest absolute Gasteiger partial charge is 0.388 e. The van der Waals surface area contributed by atoms with E-state index in [1.54, 1.807) is 18.5 Å². The van der Waals surface area contributed by atoms with Crippen LogP contribution < -0.4 is 4.90 Å². The van der Waals surface area contributed by atoms with E-state index in [0.29, 0.717) is 23.3 Å². The second-order valence-electron chi connectivity index (χ2n) is 7.32. The number of hydrogen-bond donors (Lipinski definition) is 1. The van der Waals surface area contributed by atoms with Crippen LogP contribution in [0.5, 0.6) is 0 Å². The van der Waals surface area contributed by atoms with Crippen molar-refractivity contribution in [3.63, 3.8) is 0 Å². The Balaban J connectivity index is 1.42. The summed E-state index contributed by atoms with van der Waals surface area (Å²) in [5.74, 6) is 1.41. The molecule has 1 aromatic carbocycles. The molecule has 2 aliphatic rings. The molecule has 126 valence electrons. The van der Waals surface area contributed by atoms with Crippen LogP contribution in [-0.2, 0) is 0 Å². The lowest BCUT2D eigenvalue weighted by Crippen LogP contribution is -2.23. The van der Waals surface area contributed by atoms with Gasteiger partial charge in [-0.15, -0.1) is 0 Å². The maximum Gasteiger partial charge on any atom is 0.126 e. The van der Waals surface area contributed by atoms with Crippen LogP contribution in [0, 0.1) is 30.5 Å². The second kappa shape index (κ2) is 6.17. The van der Waals surface area contributed by atoms with Gasteiger partial charge in [0.15, 0.2) is 0 Å². The van der Waals surface area contributed by atoms with Gasteiger partial charge in [0.2, 0.25) is 0 Å². The summed E-state index contributed by atoms with van der Waals surface area (Å²) in [4.78, 5) is 6.49. The molecule has 1 aliphatic heterocycles. The van der Waals surface area contributed by atoms with E-state index >= 15 is 0 Å². The SMILES string of the molecule is Cc1cc(N2CC3CC(C(O)c4cccnc4)CC3C2)ccc1F. The number of fused-ring (bicyclic) bond motifs is 1. The highest BCUT2D eigenvalue weighted by atomic mass is 19.1. The normalized spacial score (nSPS) is 27.3. The van der Waals surface area contributed by atoms with Crippen LogP contribution in [0.2, 0.25) is 0 Å². The molecule has 4 rings (SSSR count). The number of aryl methyl sites for hydroxylation is 1. The van der Waals surface area contributed by atoms with Crippen molar-refractivity contribution in [1.29, 1.82) is 0 Å². The van der Waals surface area contributed by atoms with Crippen molar-refractivity contribution < 1.29 is 9.50 Å². The van der Waals surface area contributed by atoms with Gasteiger partial charge in [-0.1, -0.05) is 6.07 Å². The number of nitrogens with zero attached hydrogens (tertiary/aromatic N) is 2. The molecule has 0 amide bonds. The molecule has 1 saturated heterocycles. The van der Waals surface area contributed by atoms with Crippen LogP contribution in [-0.4, -0.2) is 23.2 Å². The molecule has 1 aromatic heterocycles. The van der Waals surface area contributed by atoms with Gasteiger partial charge in [0, 0.05) is 31.2 Å². The average Bonchev–Trinajstić information content (AvgIpc) is 3.16. The Morgan fingerprint density at radius 1 is 1.21 bits per heavy atom. The van der Waals surface area contributed by atoms with Crippen molar-refractivity contribution in [2.24, 2.45) is 17.8 Å². The Morgan fingerprint density at radius 3 is 2.58 bits per heavy atom. The standard InChI is InChI=1S/C20H23FN2O/c1-13-7-18(4-5-19(13)21)23-11-16-8-15(9-17(16)12-23)20(24)14-3-2-6-22-10-14/h2-7,10,15-17,20,24H,8-9,11-12H2,1H3. The van der Waals surface area contributed by atoms with Crippen molar-refractivity contribution >= 4 is 5.69 Å². The fraction of sp³-hybridized carbons (Fsp3) is 0.450. The summed E-state index contributed by atoms with van der Waals surface area (Å²) in [6.45, 7) is 3.83. The monoisotopic (exact) mass is 326 g/mol. The Hall–Kier alpha value is -1.94. The van der Waals surface area contributed by atoms with Gasteiger partial charge in [-0.3, -0.25) is 4.98 Å². The van der Waals surface area contributed by atoms with E-state index in [1.165, 1.54) is 0 Å². The lowest BCUT2D eigenvalue weighted by Gasteiger charge is -2.24. The van der Waals surface area contributed by atoms with Gasteiger partial charge in [0.25, 0.3) is 0 Å². The summed E-state index contributed by atoms with van der Waals surface area (Å²) < 4.78 is 13.5. The topological polar surface area (TPSA) is 36.4 Å². The summed E-state index contributed by atoms with van der Waals surface area (Å²) in [5, 5.41) is 10.6. The molecule has 1 aliphatic carbocycles. The molecule has 0 bridgehead atoms. The fourth-order valence-corrected chi connectivity index (χ4v) is 4.46. The molecule has 24 heavy (non-hydrogen) atoms. The van der Waals surface area contributed by atoms with Crippen molar-refractivity contribution in [2.45, 2.75) is 25.9 Å².